The fourth-order valence-electron chi connectivity index (χ4n) is 4.41. The lowest BCUT2D eigenvalue weighted by molar-refractivity contribution is -0.109. The van der Waals surface area contributed by atoms with E-state index >= 15 is 0 Å². The summed E-state index contributed by atoms with van der Waals surface area (Å²) in [6.45, 7) is 0.452. The van der Waals surface area contributed by atoms with Crippen LogP contribution in [0.3, 0.4) is 0 Å². The Hall–Kier alpha value is -2.73. The van der Waals surface area contributed by atoms with Gasteiger partial charge in [-0.25, -0.2) is 0 Å². The van der Waals surface area contributed by atoms with Gasteiger partial charge in [-0.1, -0.05) is 54.1 Å². The fourth-order valence-corrected chi connectivity index (χ4v) is 4.69. The zero-order valence-electron chi connectivity index (χ0n) is 18.7. The van der Waals surface area contributed by atoms with Gasteiger partial charge in [0.1, 0.15) is 42.3 Å². The summed E-state index contributed by atoms with van der Waals surface area (Å²) >= 11 is 17.8. The van der Waals surface area contributed by atoms with Gasteiger partial charge in [0, 0.05) is 35.1 Å². The highest BCUT2D eigenvalue weighted by Crippen LogP contribution is 2.54. The molecule has 1 aliphatic heterocycles. The number of hydrogen-bond acceptors (Lipinski definition) is 5. The van der Waals surface area contributed by atoms with Crippen molar-refractivity contribution in [1.82, 2.24) is 0 Å². The van der Waals surface area contributed by atoms with E-state index in [-0.39, 0.29) is 36.9 Å². The van der Waals surface area contributed by atoms with E-state index in [1.165, 1.54) is 0 Å². The summed E-state index contributed by atoms with van der Waals surface area (Å²) in [7, 11) is 0. The molecule has 3 aromatic carbocycles. The molecule has 182 valence electrons. The van der Waals surface area contributed by atoms with Gasteiger partial charge in [0.2, 0.25) is 11.4 Å². The van der Waals surface area contributed by atoms with Crippen molar-refractivity contribution in [2.24, 2.45) is 0 Å². The average Bonchev–Trinajstić information content (AvgIpc) is 3.18. The Morgan fingerprint density at radius 3 is 2.29 bits per heavy atom. The molecule has 5 nitrogen and oxygen atoms in total. The van der Waals surface area contributed by atoms with Gasteiger partial charge in [-0.15, -0.1) is 23.2 Å². The van der Waals surface area contributed by atoms with Crippen molar-refractivity contribution in [2.75, 3.05) is 25.0 Å². The first-order valence-electron chi connectivity index (χ1n) is 11.1. The quantitative estimate of drug-likeness (QED) is 0.210. The van der Waals surface area contributed by atoms with Crippen LogP contribution in [0.2, 0.25) is 5.02 Å². The van der Waals surface area contributed by atoms with E-state index in [4.69, 9.17) is 49.0 Å². The number of rotatable bonds is 11. The SMILES string of the molecule is O=CCC(c1ccccc1)C1(c2ccc(Cl)cc2)Oc2cc(OCCCl)cc(OCCCl)c2C1=O. The van der Waals surface area contributed by atoms with E-state index in [2.05, 4.69) is 0 Å². The summed E-state index contributed by atoms with van der Waals surface area (Å²) in [6, 6.07) is 19.5. The zero-order chi connectivity index (χ0) is 24.8. The van der Waals surface area contributed by atoms with E-state index in [1.54, 1.807) is 36.4 Å². The van der Waals surface area contributed by atoms with Gasteiger partial charge < -0.3 is 19.0 Å². The summed E-state index contributed by atoms with van der Waals surface area (Å²) in [6.07, 6.45) is 0.856. The van der Waals surface area contributed by atoms with Crippen molar-refractivity contribution in [3.63, 3.8) is 0 Å². The molecule has 0 aromatic heterocycles. The van der Waals surface area contributed by atoms with Crippen LogP contribution >= 0.6 is 34.8 Å². The van der Waals surface area contributed by atoms with Crippen LogP contribution in [-0.4, -0.2) is 37.0 Å². The Morgan fingerprint density at radius 2 is 1.63 bits per heavy atom. The predicted molar refractivity (Wildman–Crippen MR) is 137 cm³/mol. The number of ether oxygens (including phenoxy) is 3. The van der Waals surface area contributed by atoms with Crippen molar-refractivity contribution in [3.05, 3.63) is 88.4 Å². The molecule has 0 bridgehead atoms. The number of fused-ring (bicyclic) bond motifs is 1. The summed E-state index contributed by atoms with van der Waals surface area (Å²) < 4.78 is 18.1. The molecule has 0 radical (unpaired) electrons. The minimum Gasteiger partial charge on any atom is -0.492 e. The molecule has 8 heteroatoms. The largest absolute Gasteiger partial charge is 0.492 e. The van der Waals surface area contributed by atoms with Crippen LogP contribution in [0.4, 0.5) is 0 Å². The maximum Gasteiger partial charge on any atom is 0.219 e. The number of ketones is 1. The fraction of sp³-hybridized carbons (Fsp3) is 0.259. The van der Waals surface area contributed by atoms with Gasteiger partial charge in [-0.2, -0.15) is 0 Å². The first-order valence-corrected chi connectivity index (χ1v) is 12.5. The van der Waals surface area contributed by atoms with Gasteiger partial charge in [-0.3, -0.25) is 4.79 Å². The number of aldehydes is 1. The van der Waals surface area contributed by atoms with Gasteiger partial charge in [0.05, 0.1) is 11.8 Å². The Kier molecular flexibility index (Phi) is 8.22. The molecule has 2 unspecified atom stereocenters. The van der Waals surface area contributed by atoms with Crippen LogP contribution in [0.15, 0.2) is 66.7 Å². The van der Waals surface area contributed by atoms with Gasteiger partial charge in [-0.05, 0) is 17.7 Å². The standard InChI is InChI=1S/C27H23Cl3O5/c28-11-14-33-21-16-23(34-15-12-29)25-24(17-21)35-27(26(25)32,19-6-8-20(30)9-7-19)22(10-13-31)18-4-2-1-3-5-18/h1-9,13,16-17,22H,10-12,14-15H2. The third-order valence-corrected chi connectivity index (χ3v) is 6.41. The number of alkyl halides is 2. The monoisotopic (exact) mass is 532 g/mol. The molecule has 3 aromatic rings. The third kappa shape index (κ3) is 4.99. The van der Waals surface area contributed by atoms with E-state index < -0.39 is 11.5 Å². The molecule has 0 saturated carbocycles. The maximum absolute atomic E-state index is 14.4. The summed E-state index contributed by atoms with van der Waals surface area (Å²) in [5.74, 6) is 0.629. The van der Waals surface area contributed by atoms with Crippen LogP contribution in [0.25, 0.3) is 0 Å². The molecule has 1 heterocycles. The number of halogens is 3. The first kappa shape index (κ1) is 25.4. The first-order chi connectivity index (χ1) is 17.0. The van der Waals surface area contributed by atoms with Crippen LogP contribution in [0.1, 0.15) is 33.8 Å². The molecule has 0 fully saturated rings. The van der Waals surface area contributed by atoms with Crippen molar-refractivity contribution < 1.29 is 23.8 Å². The van der Waals surface area contributed by atoms with Crippen LogP contribution in [-0.2, 0) is 10.4 Å². The average molecular weight is 534 g/mol. The zero-order valence-corrected chi connectivity index (χ0v) is 21.0. The Labute approximate surface area is 218 Å². The van der Waals surface area contributed by atoms with Gasteiger partial charge in [0.15, 0.2) is 0 Å². The Balaban J connectivity index is 1.93. The number of carbonyl (C=O) groups is 2. The van der Waals surface area contributed by atoms with Gasteiger partial charge >= 0.3 is 0 Å². The minimum absolute atomic E-state index is 0.0554. The molecule has 0 saturated heterocycles. The second-order valence-electron chi connectivity index (χ2n) is 7.91. The maximum atomic E-state index is 14.4. The number of Topliss-reactive ketones (excluding diaryl/α,β-unsaturated/α-hetero) is 1. The predicted octanol–water partition coefficient (Wildman–Crippen LogP) is 6.42. The number of carbonyl (C=O) groups excluding carboxylic acids is 2. The van der Waals surface area contributed by atoms with Crippen molar-refractivity contribution in [2.45, 2.75) is 17.9 Å². The smallest absolute Gasteiger partial charge is 0.219 e. The molecule has 1 aliphatic rings. The molecular formula is C27H23Cl3O5. The molecule has 35 heavy (non-hydrogen) atoms. The van der Waals surface area contributed by atoms with Crippen LogP contribution in [0.5, 0.6) is 17.2 Å². The van der Waals surface area contributed by atoms with Crippen molar-refractivity contribution >= 4 is 46.9 Å². The normalized spacial score (nSPS) is 17.4. The Morgan fingerprint density at radius 1 is 0.943 bits per heavy atom. The topological polar surface area (TPSA) is 61.8 Å². The number of hydrogen-bond donors (Lipinski definition) is 0. The second-order valence-corrected chi connectivity index (χ2v) is 9.10. The second kappa shape index (κ2) is 11.3. The highest BCUT2D eigenvalue weighted by atomic mass is 35.5. The van der Waals surface area contributed by atoms with E-state index in [9.17, 15) is 9.59 Å². The minimum atomic E-state index is -1.53. The lowest BCUT2D eigenvalue weighted by Gasteiger charge is -2.35. The molecular weight excluding hydrogens is 511 g/mol. The molecule has 2 atom stereocenters. The summed E-state index contributed by atoms with van der Waals surface area (Å²) in [5, 5.41) is 0.515. The number of benzene rings is 3. The lowest BCUT2D eigenvalue weighted by atomic mass is 9.72. The lowest BCUT2D eigenvalue weighted by Crippen LogP contribution is -2.43. The van der Waals surface area contributed by atoms with E-state index in [0.717, 1.165) is 11.8 Å². The van der Waals surface area contributed by atoms with Crippen molar-refractivity contribution in [3.8, 4) is 17.2 Å². The van der Waals surface area contributed by atoms with Crippen molar-refractivity contribution in [1.29, 1.82) is 0 Å². The van der Waals surface area contributed by atoms with E-state index in [0.29, 0.717) is 33.7 Å². The summed E-state index contributed by atoms with van der Waals surface area (Å²) in [4.78, 5) is 26.2. The van der Waals surface area contributed by atoms with E-state index in [1.807, 2.05) is 30.3 Å². The molecule has 0 amide bonds. The highest BCUT2D eigenvalue weighted by Gasteiger charge is 2.56. The van der Waals surface area contributed by atoms with Crippen LogP contribution < -0.4 is 14.2 Å². The molecule has 0 aliphatic carbocycles. The Bertz CT molecular complexity index is 1180. The third-order valence-electron chi connectivity index (χ3n) is 5.85. The van der Waals surface area contributed by atoms with Crippen LogP contribution in [0, 0.1) is 0 Å². The molecule has 0 N–H and O–H groups in total. The highest BCUT2D eigenvalue weighted by molar-refractivity contribution is 6.30. The summed E-state index contributed by atoms with van der Waals surface area (Å²) in [5.41, 5.74) is 0.109. The molecule has 0 spiro atoms. The van der Waals surface area contributed by atoms with Gasteiger partial charge in [0.25, 0.3) is 0 Å². The molecule has 4 rings (SSSR count).